The minimum Gasteiger partial charge on any atom is -0.329 e. The van der Waals surface area contributed by atoms with Crippen LogP contribution in [0.15, 0.2) is 36.4 Å². The van der Waals surface area contributed by atoms with Crippen LogP contribution in [0, 0.1) is 122 Å². The first kappa shape index (κ1) is 85.3. The number of amides is 3. The van der Waals surface area contributed by atoms with Crippen molar-refractivity contribution >= 4 is 47.8 Å². The maximum Gasteiger partial charge on any atom is 3.00 e. The fraction of sp³-hybridized carbons (Fsp3) is 0.471. The molecule has 3 aromatic rings. The molecule has 0 aliphatic heterocycles. The largest absolute Gasteiger partial charge is 3.00 e. The summed E-state index contributed by atoms with van der Waals surface area (Å²) in [6.07, 6.45) is 0. The number of hydrogen-bond donors (Lipinski definition) is 6. The van der Waals surface area contributed by atoms with Crippen LogP contribution < -0.4 is 16.4 Å². The van der Waals surface area contributed by atoms with E-state index in [1.165, 1.54) is 108 Å². The zero-order valence-electron chi connectivity index (χ0n) is 46.8. The minimum absolute atomic E-state index is 0. The Morgan fingerprint density at radius 3 is 0.960 bits per heavy atom. The number of carbonyl (C=O) groups is 3. The Morgan fingerprint density at radius 2 is 0.773 bits per heavy atom. The summed E-state index contributed by atoms with van der Waals surface area (Å²) in [5.74, 6) is -2.97. The van der Waals surface area contributed by atoms with Crippen LogP contribution in [0.3, 0.4) is 0 Å². The maximum atomic E-state index is 11.9. The molecule has 414 valence electrons. The van der Waals surface area contributed by atoms with E-state index >= 15 is 0 Å². The van der Waals surface area contributed by atoms with Gasteiger partial charge >= 0.3 is 98.1 Å². The Bertz CT molecular complexity index is 2220. The molecule has 0 fully saturated rings. The number of nitrogens with one attached hydrogen (secondary N) is 3. The molecule has 0 saturated heterocycles. The third-order valence-electron chi connectivity index (χ3n) is 11.2. The number of carbonyl (C=O) groups excluding carboxylic acids is 3. The number of nitrogens with zero attached hydrogens (tertiary/aromatic N) is 3. The standard InChI is InChI=1S/3C9H11.3C8H16N2O4S.3Y/c1-7-4-8(2)6-9(3)5-7;2*1-7-5-4-6-8(2)9(7)3;3*1-5-10(6-2)15(13,14)8(3,4)7(11)9-12;;;/h4-5H,1-3H3;5-6H,1-3H3;4-5H,1-3H3;3*12H,1-2,5-6H2,3-4H3,(H,9,11);;;/q3*-1;3*-2;3*+3. The van der Waals surface area contributed by atoms with Gasteiger partial charge in [0.2, 0.25) is 30.1 Å². The van der Waals surface area contributed by atoms with Gasteiger partial charge in [-0.05, 0) is 41.5 Å². The van der Waals surface area contributed by atoms with Gasteiger partial charge in [-0.1, -0.05) is 62.3 Å². The molecule has 3 aromatic carbocycles. The van der Waals surface area contributed by atoms with Crippen molar-refractivity contribution in [3.05, 3.63) is 146 Å². The molecule has 0 aliphatic rings. The summed E-state index contributed by atoms with van der Waals surface area (Å²) in [4.78, 5) is 33.6. The molecule has 0 aliphatic carbocycles. The summed E-state index contributed by atoms with van der Waals surface area (Å²) in [6.45, 7) is 46.6. The second-order valence-corrected chi connectivity index (χ2v) is 24.9. The summed E-state index contributed by atoms with van der Waals surface area (Å²) in [5, 5.41) is 25.3. The van der Waals surface area contributed by atoms with Gasteiger partial charge in [0.05, 0.1) is 0 Å². The van der Waals surface area contributed by atoms with Gasteiger partial charge < -0.3 is 41.5 Å². The fourth-order valence-electron chi connectivity index (χ4n) is 5.53. The van der Waals surface area contributed by atoms with Crippen LogP contribution in [0.5, 0.6) is 0 Å². The van der Waals surface area contributed by atoms with Gasteiger partial charge in [0, 0.05) is 0 Å². The SMILES string of the molecule is Cc1[c-]c(C)cc(C)c1.Cc1[c-]ccc(C)c1C.Cc1c[c-]cc(C)c1C.[CH2-]CN(C[CH2-])S(=O)(=O)C(C)(C)C(=O)NO.[CH2-]CN(C[CH2-])S(=O)(=O)C(C)(C)C(=O)NO.[CH2-]CN(C[CH2-])S(=O)(=O)C(C)(C)C(=O)NO.[Y+3].[Y+3].[Y+3]. The van der Waals surface area contributed by atoms with Gasteiger partial charge in [-0.3, -0.25) is 42.9 Å². The first-order valence-corrected chi connectivity index (χ1v) is 26.6. The molecule has 0 saturated carbocycles. The van der Waals surface area contributed by atoms with E-state index in [-0.39, 0.29) is 137 Å². The number of aryl methyl sites for hydroxylation is 7. The second-order valence-electron chi connectivity index (χ2n) is 17.4. The fourth-order valence-corrected chi connectivity index (χ4v) is 9.75. The number of hydroxylamine groups is 3. The normalized spacial score (nSPS) is 11.2. The molecular formula is C51H81N6O12S3Y3. The Balaban J connectivity index is -0.000000191. The Morgan fingerprint density at radius 1 is 0.507 bits per heavy atom. The second kappa shape index (κ2) is 39.4. The molecule has 0 heterocycles. The molecule has 18 nitrogen and oxygen atoms in total. The Hall–Kier alpha value is -1.01. The molecule has 0 bridgehead atoms. The van der Waals surface area contributed by atoms with Gasteiger partial charge in [0.15, 0.2) is 14.2 Å². The number of hydrogen-bond acceptors (Lipinski definition) is 12. The average Bonchev–Trinajstić information content (AvgIpc) is 3.30. The smallest absolute Gasteiger partial charge is 0.329 e. The van der Waals surface area contributed by atoms with Crippen molar-refractivity contribution in [1.29, 1.82) is 0 Å². The molecule has 3 amide bonds. The molecule has 0 aromatic heterocycles. The zero-order valence-corrected chi connectivity index (χ0v) is 57.7. The van der Waals surface area contributed by atoms with Crippen molar-refractivity contribution in [2.24, 2.45) is 0 Å². The quantitative estimate of drug-likeness (QED) is 0.0587. The van der Waals surface area contributed by atoms with Crippen molar-refractivity contribution in [3.63, 3.8) is 0 Å². The van der Waals surface area contributed by atoms with Gasteiger partial charge in [-0.2, -0.15) is 105 Å². The van der Waals surface area contributed by atoms with E-state index < -0.39 is 62.0 Å². The van der Waals surface area contributed by atoms with Crippen molar-refractivity contribution in [1.82, 2.24) is 29.4 Å². The van der Waals surface area contributed by atoms with E-state index in [2.05, 4.69) is 140 Å². The average molecular weight is 1330 g/mol. The third-order valence-corrected chi connectivity index (χ3v) is 18.8. The van der Waals surface area contributed by atoms with Crippen LogP contribution in [0.2, 0.25) is 0 Å². The summed E-state index contributed by atoms with van der Waals surface area (Å²) in [5.41, 5.74) is 15.8. The molecule has 0 atom stereocenters. The molecule has 3 rings (SSSR count). The Labute approximate surface area is 528 Å². The molecule has 0 unspecified atom stereocenters. The van der Waals surface area contributed by atoms with Crippen LogP contribution in [-0.2, 0) is 143 Å². The molecule has 75 heavy (non-hydrogen) atoms. The molecular weight excluding hydrogens is 1250 g/mol. The van der Waals surface area contributed by atoms with Gasteiger partial charge in [-0.15, -0.1) is 39.3 Å². The maximum absolute atomic E-state index is 11.9. The van der Waals surface area contributed by atoms with Gasteiger partial charge in [0.1, 0.15) is 0 Å². The zero-order chi connectivity index (χ0) is 57.4. The van der Waals surface area contributed by atoms with E-state index in [9.17, 15) is 39.6 Å². The van der Waals surface area contributed by atoms with E-state index in [1.807, 2.05) is 18.2 Å². The monoisotopic (exact) mass is 1330 g/mol. The first-order chi connectivity index (χ1) is 32.9. The number of rotatable bonds is 15. The number of sulfonamides is 3. The van der Waals surface area contributed by atoms with E-state index in [1.54, 1.807) is 0 Å². The van der Waals surface area contributed by atoms with Crippen molar-refractivity contribution in [2.45, 2.75) is 118 Å². The molecule has 0 radical (unpaired) electrons. The van der Waals surface area contributed by atoms with Gasteiger partial charge in [-0.25, -0.2) is 41.7 Å². The predicted molar refractivity (Wildman–Crippen MR) is 284 cm³/mol. The van der Waals surface area contributed by atoms with Crippen molar-refractivity contribution < 1.29 is 153 Å². The summed E-state index contributed by atoms with van der Waals surface area (Å²) in [6, 6.07) is 21.8. The van der Waals surface area contributed by atoms with Crippen LogP contribution >= 0.6 is 0 Å². The van der Waals surface area contributed by atoms with Crippen LogP contribution in [0.1, 0.15) is 91.6 Å². The van der Waals surface area contributed by atoms with Gasteiger partial charge in [0.25, 0.3) is 17.7 Å². The van der Waals surface area contributed by atoms with Crippen molar-refractivity contribution in [2.75, 3.05) is 39.3 Å². The van der Waals surface area contributed by atoms with E-state index in [4.69, 9.17) is 15.6 Å². The summed E-state index contributed by atoms with van der Waals surface area (Å²) in [7, 11) is -11.6. The minimum atomic E-state index is -3.88. The third kappa shape index (κ3) is 25.5. The number of benzene rings is 3. The first-order valence-electron chi connectivity index (χ1n) is 22.3. The Kier molecular flexibility index (Phi) is 44.8. The summed E-state index contributed by atoms with van der Waals surface area (Å²) < 4.78 is 69.0. The van der Waals surface area contributed by atoms with Crippen LogP contribution in [0.4, 0.5) is 0 Å². The molecule has 6 N–H and O–H groups in total. The van der Waals surface area contributed by atoms with Crippen molar-refractivity contribution in [3.8, 4) is 0 Å². The molecule has 0 spiro atoms. The van der Waals surface area contributed by atoms with E-state index in [0.29, 0.717) is 0 Å². The topological polar surface area (TPSA) is 260 Å². The summed E-state index contributed by atoms with van der Waals surface area (Å²) >= 11 is 0. The predicted octanol–water partition coefficient (Wildman–Crippen LogP) is 5.94. The molecule has 24 heteroatoms. The van der Waals surface area contributed by atoms with E-state index in [0.717, 1.165) is 12.9 Å². The van der Waals surface area contributed by atoms with Crippen LogP contribution in [0.25, 0.3) is 0 Å². The van der Waals surface area contributed by atoms with Crippen LogP contribution in [-0.4, -0.2) is 125 Å².